The molecule has 1 heterocycles. The minimum Gasteiger partial charge on any atom is -0.391 e. The Balaban J connectivity index is 2.65. The highest BCUT2D eigenvalue weighted by Gasteiger charge is 2.38. The fourth-order valence-corrected chi connectivity index (χ4v) is 10.4. The van der Waals surface area contributed by atoms with Crippen LogP contribution in [0.2, 0.25) is 0 Å². The molecule has 1 aliphatic heterocycles. The average molecular weight is 1310 g/mol. The Morgan fingerprint density at radius 2 is 1.07 bits per heavy atom. The monoisotopic (exact) mass is 1310 g/mol. The number of hydrogen-bond acceptors (Lipinski definition) is 21. The molecule has 0 aliphatic carbocycles. The average Bonchev–Trinajstić information content (AvgIpc) is 1.71. The van der Waals surface area contributed by atoms with E-state index < -0.39 is 165 Å². The van der Waals surface area contributed by atoms with Gasteiger partial charge in [0.15, 0.2) is 0 Å². The van der Waals surface area contributed by atoms with Crippen molar-refractivity contribution in [3.63, 3.8) is 0 Å². The van der Waals surface area contributed by atoms with Crippen molar-refractivity contribution in [2.24, 2.45) is 34.6 Å². The summed E-state index contributed by atoms with van der Waals surface area (Å²) in [5, 5.41) is 51.9. The van der Waals surface area contributed by atoms with Gasteiger partial charge in [-0.2, -0.15) is 0 Å². The van der Waals surface area contributed by atoms with Gasteiger partial charge in [0.25, 0.3) is 0 Å². The van der Waals surface area contributed by atoms with Gasteiger partial charge in [-0.3, -0.25) is 61.8 Å². The van der Waals surface area contributed by atoms with Gasteiger partial charge in [0, 0.05) is 13.0 Å². The fourth-order valence-electron chi connectivity index (χ4n) is 9.07. The molecule has 0 spiro atoms. The normalized spacial score (nSPS) is 22.0. The molecule has 0 bridgehead atoms. The summed E-state index contributed by atoms with van der Waals surface area (Å²) in [6.45, 7) is 7.80. The number of amides is 11. The summed E-state index contributed by atoms with van der Waals surface area (Å²) < 4.78 is 24.3. The number of rotatable bonds is 34. The Bertz CT molecular complexity index is 2520. The van der Waals surface area contributed by atoms with Crippen LogP contribution in [-0.4, -0.2) is 207 Å². The van der Waals surface area contributed by atoms with Gasteiger partial charge in [-0.15, -0.1) is 0 Å². The van der Waals surface area contributed by atoms with Crippen LogP contribution in [0.5, 0.6) is 0 Å². The second kappa shape index (κ2) is 43.1. The molecule has 2 rings (SSSR count). The van der Waals surface area contributed by atoms with E-state index in [4.69, 9.17) is 37.7 Å². The zero-order chi connectivity index (χ0) is 68.2. The first-order valence-electron chi connectivity index (χ1n) is 31.1. The number of nitrogens with two attached hydrogens (primary N) is 5. The molecule has 0 saturated carbocycles. The third-order valence-corrected chi connectivity index (χ3v) is 15.7. The van der Waals surface area contributed by atoms with Gasteiger partial charge in [-0.05, 0) is 116 Å². The summed E-state index contributed by atoms with van der Waals surface area (Å²) in [4.78, 5) is 155. The summed E-state index contributed by atoms with van der Waals surface area (Å²) in [6, 6.07) is -6.86. The molecule has 24 N–H and O–H groups in total. The lowest BCUT2D eigenvalue weighted by atomic mass is 10.00. The van der Waals surface area contributed by atoms with Crippen LogP contribution in [0, 0.1) is 5.92 Å². The number of carbonyl (C=O) groups is 11. The van der Waals surface area contributed by atoms with Crippen molar-refractivity contribution >= 4 is 72.7 Å². The number of unbranched alkanes of at least 4 members (excludes halogenated alkanes) is 2. The van der Waals surface area contributed by atoms with E-state index in [0.717, 1.165) is 19.8 Å². The molecule has 1 fully saturated rings. The number of carbonyl (C=O) groups excluding carboxylic acids is 11. The van der Waals surface area contributed by atoms with E-state index in [1.165, 1.54) is 6.92 Å². The zero-order valence-corrected chi connectivity index (χ0v) is 54.1. The fraction of sp³-hybridized carbons (Fsp3) is 0.702. The van der Waals surface area contributed by atoms with E-state index in [2.05, 4.69) is 63.6 Å². The van der Waals surface area contributed by atoms with Crippen LogP contribution >= 0.6 is 7.75 Å². The Hall–Kier alpha value is -6.78. The number of nitrogens with one attached hydrogen (secondary N) is 12. The maximum absolute atomic E-state index is 14.6. The lowest BCUT2D eigenvalue weighted by molar-refractivity contribution is -0.137. The van der Waals surface area contributed by atoms with Crippen LogP contribution in [-0.2, 0) is 72.8 Å². The third-order valence-electron chi connectivity index (χ3n) is 14.2. The molecule has 0 radical (unpaired) electrons. The maximum atomic E-state index is 14.6. The van der Waals surface area contributed by atoms with Crippen LogP contribution in [0.1, 0.15) is 118 Å². The minimum atomic E-state index is -3.96. The van der Waals surface area contributed by atoms with Crippen molar-refractivity contribution in [2.45, 2.75) is 191 Å². The van der Waals surface area contributed by atoms with Gasteiger partial charge in [0.1, 0.15) is 60.4 Å². The molecule has 91 heavy (non-hydrogen) atoms. The van der Waals surface area contributed by atoms with Crippen molar-refractivity contribution in [3.8, 4) is 0 Å². The number of aliphatic hydroxyl groups is 2. The summed E-state index contributed by atoms with van der Waals surface area (Å²) >= 11 is 0. The Labute approximate surface area is 531 Å². The standard InChI is InChI=1S/C57H102N17O16P/c1-7-9-28-89-91(88,90-29-10-8-2)64-32-45(77)65-37(16-22-58)52(82)74-47(35(6)76)57(87)70-40(19-25-61)49(79)69-42-21-27-63-56(86)46(34(5)75)73-53(83)41(20-26-62)67-48(78)38(17-23-59)68-54(84)43(30-33(3)4)71-55(85)44(31-36-14-12-11-13-15-36)72-50(80)39(18-24-60)66-51(42)81/h11-15,33-35,37-44,46-47,75-76H,7-10,16-32,58-62H2,1-6H3,(H,63,86)(H,64,88)(H,65,77)(H,66,81)(H,67,78)(H,68,84)(H,69,79)(H,70,87)(H,71,85)(H,72,80)(H,73,83)(H,74,82)/t34-,35?,37-,38-,39-,40-,41-,42-,43-,44+,46-,47-/m0/s1. The van der Waals surface area contributed by atoms with Crippen molar-refractivity contribution in [3.05, 3.63) is 35.9 Å². The smallest absolute Gasteiger partial charge is 0.391 e. The van der Waals surface area contributed by atoms with Crippen LogP contribution in [0.3, 0.4) is 0 Å². The minimum absolute atomic E-state index is 0.0304. The molecule has 1 unspecified atom stereocenters. The molecule has 1 saturated heterocycles. The molecule has 12 atom stereocenters. The van der Waals surface area contributed by atoms with Gasteiger partial charge in [-0.25, -0.2) is 9.65 Å². The van der Waals surface area contributed by atoms with Crippen molar-refractivity contribution < 1.29 is 76.6 Å². The van der Waals surface area contributed by atoms with E-state index in [-0.39, 0.29) is 96.8 Å². The van der Waals surface area contributed by atoms with E-state index in [1.54, 1.807) is 44.2 Å². The Morgan fingerprint density at radius 1 is 0.593 bits per heavy atom. The lowest BCUT2D eigenvalue weighted by Gasteiger charge is -2.29. The second-order valence-corrected chi connectivity index (χ2v) is 24.3. The first kappa shape index (κ1) is 80.3. The molecule has 516 valence electrons. The lowest BCUT2D eigenvalue weighted by Crippen LogP contribution is -2.62. The van der Waals surface area contributed by atoms with Gasteiger partial charge < -0.3 is 97.4 Å². The van der Waals surface area contributed by atoms with Crippen LogP contribution in [0.15, 0.2) is 30.3 Å². The first-order valence-corrected chi connectivity index (χ1v) is 32.6. The first-order chi connectivity index (χ1) is 43.2. The molecule has 0 aromatic heterocycles. The molecule has 34 heteroatoms. The topological polar surface area (TPSA) is 538 Å². The van der Waals surface area contributed by atoms with Gasteiger partial charge in [0.2, 0.25) is 65.0 Å². The largest absolute Gasteiger partial charge is 0.405 e. The quantitative estimate of drug-likeness (QED) is 0.0226. The molecular formula is C57H102N17O16P. The van der Waals surface area contributed by atoms with Crippen LogP contribution in [0.4, 0.5) is 0 Å². The summed E-state index contributed by atoms with van der Waals surface area (Å²) in [5.41, 5.74) is 29.9. The SMILES string of the molecule is CCCCOP(=O)(NCC(=O)N[C@@H](CCN)C(=O)N[C@H](C(=O)N[C@@H](CCN)C(=O)N[C@H]1CCNC(=O)[C@H]([C@H](C)O)NC(=O)[C@H](CCN)NC(=O)[C@H](CCN)NC(=O)[C@H](CC(C)C)NC(=O)[C@@H](Cc2ccccc2)NC(=O)[C@H](CCN)NC1=O)C(C)O)OCCCC. The molecular weight excluding hydrogens is 1210 g/mol. The van der Waals surface area contributed by atoms with Crippen molar-refractivity contribution in [1.82, 2.24) is 63.6 Å². The number of benzene rings is 1. The third kappa shape index (κ3) is 29.6. The van der Waals surface area contributed by atoms with Crippen LogP contribution in [0.25, 0.3) is 0 Å². The summed E-state index contributed by atoms with van der Waals surface area (Å²) in [6.07, 6.45) is -2.38. The molecule has 11 amide bonds. The summed E-state index contributed by atoms with van der Waals surface area (Å²) in [5.74, 6) is -10.8. The zero-order valence-electron chi connectivity index (χ0n) is 53.2. The van der Waals surface area contributed by atoms with Gasteiger partial charge >= 0.3 is 7.75 Å². The predicted molar refractivity (Wildman–Crippen MR) is 336 cm³/mol. The maximum Gasteiger partial charge on any atom is 0.405 e. The molecule has 1 aromatic carbocycles. The molecule has 1 aromatic rings. The summed E-state index contributed by atoms with van der Waals surface area (Å²) in [7, 11) is -3.96. The van der Waals surface area contributed by atoms with E-state index >= 15 is 0 Å². The van der Waals surface area contributed by atoms with Crippen molar-refractivity contribution in [1.29, 1.82) is 0 Å². The van der Waals surface area contributed by atoms with E-state index in [1.807, 2.05) is 13.8 Å². The van der Waals surface area contributed by atoms with E-state index in [0.29, 0.717) is 18.4 Å². The van der Waals surface area contributed by atoms with Crippen LogP contribution < -0.4 is 92.2 Å². The molecule has 33 nitrogen and oxygen atoms in total. The highest BCUT2D eigenvalue weighted by atomic mass is 31.2. The number of hydrogen-bond donors (Lipinski definition) is 19. The predicted octanol–water partition coefficient (Wildman–Crippen LogP) is -5.52. The highest BCUT2D eigenvalue weighted by molar-refractivity contribution is 7.51. The Kier molecular flexibility index (Phi) is 38.1. The van der Waals surface area contributed by atoms with Crippen molar-refractivity contribution in [2.75, 3.05) is 59.0 Å². The van der Waals surface area contributed by atoms with Gasteiger partial charge in [-0.1, -0.05) is 70.9 Å². The van der Waals surface area contributed by atoms with E-state index in [9.17, 15) is 67.5 Å². The number of aliphatic hydroxyl groups excluding tert-OH is 2. The second-order valence-electron chi connectivity index (χ2n) is 22.5. The highest BCUT2D eigenvalue weighted by Crippen LogP contribution is 2.43. The molecule has 1 aliphatic rings. The van der Waals surface area contributed by atoms with Gasteiger partial charge in [0.05, 0.1) is 32.0 Å². The Morgan fingerprint density at radius 3 is 1.55 bits per heavy atom.